The van der Waals surface area contributed by atoms with Gasteiger partial charge in [-0.05, 0) is 83.7 Å². The first-order valence-corrected chi connectivity index (χ1v) is 15.1. The minimum absolute atomic E-state index is 0.240. The van der Waals surface area contributed by atoms with E-state index in [0.717, 1.165) is 27.8 Å². The van der Waals surface area contributed by atoms with Gasteiger partial charge in [0, 0.05) is 12.2 Å². The average molecular weight is 564 g/mol. The maximum atomic E-state index is 13.4. The van der Waals surface area contributed by atoms with Crippen molar-refractivity contribution < 1.29 is 24.2 Å². The van der Waals surface area contributed by atoms with Crippen LogP contribution in [0.3, 0.4) is 0 Å². The zero-order valence-corrected chi connectivity index (χ0v) is 24.9. The van der Waals surface area contributed by atoms with E-state index < -0.39 is 17.9 Å². The van der Waals surface area contributed by atoms with Gasteiger partial charge in [0.15, 0.2) is 0 Å². The Bertz CT molecular complexity index is 1280. The number of aryl methyl sites for hydroxylation is 1. The number of carboxylic acids is 1. The quantitative estimate of drug-likeness (QED) is 0.207. The Morgan fingerprint density at radius 2 is 1.73 bits per heavy atom. The molecule has 7 heteroatoms. The fourth-order valence-electron chi connectivity index (χ4n) is 4.49. The van der Waals surface area contributed by atoms with Crippen LogP contribution in [0.1, 0.15) is 71.8 Å². The van der Waals surface area contributed by atoms with Crippen molar-refractivity contribution in [1.29, 1.82) is 0 Å². The van der Waals surface area contributed by atoms with E-state index in [-0.39, 0.29) is 6.10 Å². The van der Waals surface area contributed by atoms with Crippen LogP contribution in [0.5, 0.6) is 0 Å². The van der Waals surface area contributed by atoms with Gasteiger partial charge < -0.3 is 19.9 Å². The first kappa shape index (κ1) is 31.4. The third-order valence-electron chi connectivity index (χ3n) is 6.85. The second kappa shape index (κ2) is 15.6. The lowest BCUT2D eigenvalue weighted by Crippen LogP contribution is -2.41. The molecule has 0 spiro atoms. The van der Waals surface area contributed by atoms with Crippen LogP contribution in [0, 0.1) is 6.92 Å². The van der Waals surface area contributed by atoms with Gasteiger partial charge >= 0.3 is 5.97 Å². The SMILES string of the molecule is CCOCC(OCc1ccc(C(=O)NC(CCSC)C(=O)O)c(-c2ccccc2C)c1)c1cccc(C(C)C)c1. The maximum Gasteiger partial charge on any atom is 0.326 e. The summed E-state index contributed by atoms with van der Waals surface area (Å²) in [6.45, 7) is 9.67. The minimum Gasteiger partial charge on any atom is -0.480 e. The second-order valence-corrected chi connectivity index (χ2v) is 11.1. The van der Waals surface area contributed by atoms with Crippen molar-refractivity contribution in [2.24, 2.45) is 0 Å². The first-order valence-electron chi connectivity index (χ1n) is 13.8. The second-order valence-electron chi connectivity index (χ2n) is 10.1. The lowest BCUT2D eigenvalue weighted by atomic mass is 9.93. The number of hydrogen-bond acceptors (Lipinski definition) is 5. The molecule has 2 unspecified atom stereocenters. The van der Waals surface area contributed by atoms with E-state index in [9.17, 15) is 14.7 Å². The van der Waals surface area contributed by atoms with Crippen LogP contribution in [0.25, 0.3) is 11.1 Å². The van der Waals surface area contributed by atoms with Crippen LogP contribution in [0.15, 0.2) is 66.7 Å². The third kappa shape index (κ3) is 8.68. The third-order valence-corrected chi connectivity index (χ3v) is 7.50. The summed E-state index contributed by atoms with van der Waals surface area (Å²) >= 11 is 1.55. The summed E-state index contributed by atoms with van der Waals surface area (Å²) in [6.07, 6.45) is 2.03. The topological polar surface area (TPSA) is 84.9 Å². The van der Waals surface area contributed by atoms with E-state index >= 15 is 0 Å². The Morgan fingerprint density at radius 3 is 2.40 bits per heavy atom. The highest BCUT2D eigenvalue weighted by Gasteiger charge is 2.23. The van der Waals surface area contributed by atoms with Gasteiger partial charge in [0.25, 0.3) is 5.91 Å². The summed E-state index contributed by atoms with van der Waals surface area (Å²) in [7, 11) is 0. The number of amides is 1. The number of carbonyl (C=O) groups excluding carboxylic acids is 1. The molecule has 0 heterocycles. The molecule has 2 atom stereocenters. The number of hydrogen-bond donors (Lipinski definition) is 2. The summed E-state index contributed by atoms with van der Waals surface area (Å²) < 4.78 is 12.2. The molecule has 2 N–H and O–H groups in total. The molecule has 0 fully saturated rings. The standard InChI is InChI=1S/C33H41NO5S/c1-6-38-21-31(26-12-9-11-25(19-26)22(2)3)39-20-24-14-15-28(29(18-24)27-13-8-7-10-23(27)4)32(35)34-30(33(36)37)16-17-40-5/h7-15,18-19,22,30-31H,6,16-17,20-21H2,1-5H3,(H,34,35)(H,36,37). The number of thioether (sulfide) groups is 1. The molecule has 3 aromatic carbocycles. The van der Waals surface area contributed by atoms with Crippen molar-refractivity contribution in [2.75, 3.05) is 25.2 Å². The van der Waals surface area contributed by atoms with Crippen LogP contribution in [0.4, 0.5) is 0 Å². The van der Waals surface area contributed by atoms with Crippen molar-refractivity contribution in [2.45, 2.75) is 58.8 Å². The molecule has 0 aliphatic heterocycles. The number of aliphatic carboxylic acids is 1. The van der Waals surface area contributed by atoms with Crippen molar-refractivity contribution in [3.05, 3.63) is 94.5 Å². The lowest BCUT2D eigenvalue weighted by molar-refractivity contribution is -0.139. The molecule has 6 nitrogen and oxygen atoms in total. The predicted molar refractivity (Wildman–Crippen MR) is 163 cm³/mol. The molecular weight excluding hydrogens is 522 g/mol. The average Bonchev–Trinajstić information content (AvgIpc) is 2.95. The first-order chi connectivity index (χ1) is 19.2. The number of benzene rings is 3. The molecule has 0 radical (unpaired) electrons. The molecule has 0 aromatic heterocycles. The molecular formula is C33H41NO5S. The van der Waals surface area contributed by atoms with Gasteiger partial charge in [0.1, 0.15) is 12.1 Å². The van der Waals surface area contributed by atoms with E-state index in [4.69, 9.17) is 9.47 Å². The van der Waals surface area contributed by atoms with Crippen molar-refractivity contribution in [1.82, 2.24) is 5.32 Å². The largest absolute Gasteiger partial charge is 0.480 e. The van der Waals surface area contributed by atoms with E-state index in [0.29, 0.717) is 43.5 Å². The van der Waals surface area contributed by atoms with Crippen LogP contribution >= 0.6 is 11.8 Å². The van der Waals surface area contributed by atoms with E-state index in [1.807, 2.05) is 56.5 Å². The Kier molecular flexibility index (Phi) is 12.2. The Morgan fingerprint density at radius 1 is 0.975 bits per heavy atom. The smallest absolute Gasteiger partial charge is 0.326 e. The molecule has 0 aliphatic carbocycles. The zero-order valence-electron chi connectivity index (χ0n) is 24.1. The van der Waals surface area contributed by atoms with Gasteiger partial charge in [-0.2, -0.15) is 11.8 Å². The molecule has 3 rings (SSSR count). The van der Waals surface area contributed by atoms with Crippen LogP contribution in [-0.2, 0) is 20.9 Å². The normalized spacial score (nSPS) is 12.8. The number of nitrogens with one attached hydrogen (secondary N) is 1. The molecule has 0 bridgehead atoms. The number of ether oxygens (including phenoxy) is 2. The van der Waals surface area contributed by atoms with Gasteiger partial charge in [0.05, 0.1) is 13.2 Å². The predicted octanol–water partition coefficient (Wildman–Crippen LogP) is 7.02. The Labute approximate surface area is 242 Å². The molecule has 1 amide bonds. The maximum absolute atomic E-state index is 13.4. The fraction of sp³-hybridized carbons (Fsp3) is 0.394. The highest BCUT2D eigenvalue weighted by molar-refractivity contribution is 7.98. The molecule has 214 valence electrons. The number of rotatable bonds is 15. The summed E-state index contributed by atoms with van der Waals surface area (Å²) in [5.41, 5.74) is 6.34. The van der Waals surface area contributed by atoms with Gasteiger partial charge in [-0.3, -0.25) is 4.79 Å². The summed E-state index contributed by atoms with van der Waals surface area (Å²) in [5, 5.41) is 12.4. The highest BCUT2D eigenvalue weighted by atomic mass is 32.2. The summed E-state index contributed by atoms with van der Waals surface area (Å²) in [4.78, 5) is 25.2. The van der Waals surface area contributed by atoms with Crippen LogP contribution in [0.2, 0.25) is 0 Å². The minimum atomic E-state index is -1.04. The molecule has 3 aromatic rings. The van der Waals surface area contributed by atoms with Crippen LogP contribution in [-0.4, -0.2) is 48.2 Å². The van der Waals surface area contributed by atoms with Gasteiger partial charge in [0.2, 0.25) is 0 Å². The summed E-state index contributed by atoms with van der Waals surface area (Å²) in [5.74, 6) is -0.392. The van der Waals surface area contributed by atoms with Gasteiger partial charge in [-0.25, -0.2) is 4.79 Å². The van der Waals surface area contributed by atoms with Crippen molar-refractivity contribution in [3.63, 3.8) is 0 Å². The molecule has 0 saturated heterocycles. The lowest BCUT2D eigenvalue weighted by Gasteiger charge is -2.21. The van der Waals surface area contributed by atoms with Crippen molar-refractivity contribution >= 4 is 23.6 Å². The summed E-state index contributed by atoms with van der Waals surface area (Å²) in [6, 6.07) is 20.9. The van der Waals surface area contributed by atoms with Gasteiger partial charge in [-0.1, -0.05) is 68.4 Å². The highest BCUT2D eigenvalue weighted by Crippen LogP contribution is 2.30. The molecule has 0 saturated carbocycles. The van der Waals surface area contributed by atoms with E-state index in [1.165, 1.54) is 5.56 Å². The Hall–Kier alpha value is -3.13. The van der Waals surface area contributed by atoms with Gasteiger partial charge in [-0.15, -0.1) is 0 Å². The van der Waals surface area contributed by atoms with Crippen LogP contribution < -0.4 is 5.32 Å². The monoisotopic (exact) mass is 563 g/mol. The Balaban J connectivity index is 1.91. The van der Waals surface area contributed by atoms with E-state index in [1.54, 1.807) is 17.8 Å². The zero-order chi connectivity index (χ0) is 29.1. The molecule has 0 aliphatic rings. The molecule has 40 heavy (non-hydrogen) atoms. The number of carboxylic acid groups (broad SMARTS) is 1. The number of carbonyl (C=O) groups is 2. The van der Waals surface area contributed by atoms with E-state index in [2.05, 4.69) is 43.4 Å². The fourth-order valence-corrected chi connectivity index (χ4v) is 4.96. The van der Waals surface area contributed by atoms with Crippen molar-refractivity contribution in [3.8, 4) is 11.1 Å².